The van der Waals surface area contributed by atoms with Crippen LogP contribution in [0.1, 0.15) is 17.5 Å². The first-order chi connectivity index (χ1) is 13.0. The number of benzene rings is 1. The molecule has 0 atom stereocenters. The molecule has 1 aromatic rings. The van der Waals surface area contributed by atoms with Crippen LogP contribution in [0.25, 0.3) is 0 Å². The van der Waals surface area contributed by atoms with Gasteiger partial charge in [0.05, 0.1) is 26.3 Å². The molecular formula is C20H34IN5O2. The molecule has 0 spiro atoms. The average molecular weight is 503 g/mol. The molecule has 1 amide bonds. The van der Waals surface area contributed by atoms with Crippen molar-refractivity contribution in [1.82, 2.24) is 20.4 Å². The summed E-state index contributed by atoms with van der Waals surface area (Å²) in [6, 6.07) is 8.31. The van der Waals surface area contributed by atoms with Gasteiger partial charge in [0.15, 0.2) is 5.96 Å². The molecule has 0 bridgehead atoms. The van der Waals surface area contributed by atoms with Gasteiger partial charge in [0.25, 0.3) is 0 Å². The van der Waals surface area contributed by atoms with Gasteiger partial charge in [0.1, 0.15) is 0 Å². The largest absolute Gasteiger partial charge is 0.379 e. The number of nitrogens with one attached hydrogen (secondary N) is 2. The van der Waals surface area contributed by atoms with Crippen LogP contribution in [0.4, 0.5) is 0 Å². The number of likely N-dealkylation sites (N-methyl/N-ethyl adjacent to an activating group) is 1. The highest BCUT2D eigenvalue weighted by molar-refractivity contribution is 14.0. The van der Waals surface area contributed by atoms with Crippen molar-refractivity contribution >= 4 is 35.8 Å². The fourth-order valence-electron chi connectivity index (χ4n) is 2.81. The molecule has 28 heavy (non-hydrogen) atoms. The van der Waals surface area contributed by atoms with Gasteiger partial charge >= 0.3 is 0 Å². The Hall–Kier alpha value is -1.39. The fraction of sp³-hybridized carbons (Fsp3) is 0.600. The Morgan fingerprint density at radius 3 is 2.68 bits per heavy atom. The normalized spacial score (nSPS) is 14.9. The van der Waals surface area contributed by atoms with E-state index < -0.39 is 0 Å². The summed E-state index contributed by atoms with van der Waals surface area (Å²) >= 11 is 0. The number of morpholine rings is 1. The van der Waals surface area contributed by atoms with Gasteiger partial charge in [0.2, 0.25) is 5.91 Å². The molecule has 2 N–H and O–H groups in total. The molecule has 0 aromatic heterocycles. The minimum atomic E-state index is 0. The standard InChI is InChI=1S/C20H33N5O2.HI/c1-17-6-4-7-18(14-17)15-22-20(23-16-19(26)24(2)3)21-8-5-9-25-10-12-27-13-11-25;/h4,6-7,14H,5,8-13,15-16H2,1-3H3,(H2,21,22,23);1H. The lowest BCUT2D eigenvalue weighted by Crippen LogP contribution is -2.44. The summed E-state index contributed by atoms with van der Waals surface area (Å²) in [6.45, 7) is 8.40. The molecule has 0 saturated carbocycles. The molecule has 1 saturated heterocycles. The number of aryl methyl sites for hydroxylation is 1. The number of nitrogens with zero attached hydrogens (tertiary/aromatic N) is 3. The summed E-state index contributed by atoms with van der Waals surface area (Å²) in [5, 5.41) is 6.49. The van der Waals surface area contributed by atoms with Crippen molar-refractivity contribution in [3.05, 3.63) is 35.4 Å². The summed E-state index contributed by atoms with van der Waals surface area (Å²) in [5.74, 6) is 0.696. The van der Waals surface area contributed by atoms with Crippen LogP contribution in [-0.4, -0.2) is 81.7 Å². The van der Waals surface area contributed by atoms with Gasteiger partial charge in [-0.1, -0.05) is 29.8 Å². The number of aliphatic imine (C=N–C) groups is 1. The predicted octanol–water partition coefficient (Wildman–Crippen LogP) is 1.46. The van der Waals surface area contributed by atoms with Gasteiger partial charge < -0.3 is 20.3 Å². The smallest absolute Gasteiger partial charge is 0.241 e. The molecular weight excluding hydrogens is 469 g/mol. The molecule has 2 rings (SSSR count). The number of halogens is 1. The fourth-order valence-corrected chi connectivity index (χ4v) is 2.81. The average Bonchev–Trinajstić information content (AvgIpc) is 2.67. The SMILES string of the molecule is Cc1cccc(CN=C(NCCCN2CCOCC2)NCC(=O)N(C)C)c1.I. The molecule has 1 fully saturated rings. The third kappa shape index (κ3) is 9.70. The highest BCUT2D eigenvalue weighted by Gasteiger charge is 2.10. The van der Waals surface area contributed by atoms with Gasteiger partial charge in [-0.3, -0.25) is 9.69 Å². The second-order valence-electron chi connectivity index (χ2n) is 7.03. The van der Waals surface area contributed by atoms with Gasteiger partial charge in [-0.2, -0.15) is 0 Å². The van der Waals surface area contributed by atoms with E-state index in [0.29, 0.717) is 12.5 Å². The maximum atomic E-state index is 11.9. The molecule has 158 valence electrons. The van der Waals surface area contributed by atoms with Gasteiger partial charge in [0, 0.05) is 33.7 Å². The summed E-state index contributed by atoms with van der Waals surface area (Å²) in [5.41, 5.74) is 2.38. The van der Waals surface area contributed by atoms with Crippen LogP contribution < -0.4 is 10.6 Å². The van der Waals surface area contributed by atoms with Crippen LogP contribution >= 0.6 is 24.0 Å². The summed E-state index contributed by atoms with van der Waals surface area (Å²) in [4.78, 5) is 20.5. The lowest BCUT2D eigenvalue weighted by Gasteiger charge is -2.26. The van der Waals surface area contributed by atoms with E-state index in [9.17, 15) is 4.79 Å². The molecule has 1 heterocycles. The minimum absolute atomic E-state index is 0. The van der Waals surface area contributed by atoms with Crippen molar-refractivity contribution in [1.29, 1.82) is 0 Å². The summed E-state index contributed by atoms with van der Waals surface area (Å²) in [6.07, 6.45) is 1.02. The van der Waals surface area contributed by atoms with Crippen molar-refractivity contribution in [3.8, 4) is 0 Å². The molecule has 8 heteroatoms. The molecule has 1 aromatic carbocycles. The van der Waals surface area contributed by atoms with Crippen molar-refractivity contribution in [2.24, 2.45) is 4.99 Å². The van der Waals surface area contributed by atoms with Gasteiger partial charge in [-0.25, -0.2) is 4.99 Å². The van der Waals surface area contributed by atoms with Crippen LogP contribution in [-0.2, 0) is 16.1 Å². The Kier molecular flexibility index (Phi) is 12.1. The second kappa shape index (κ2) is 13.7. The summed E-state index contributed by atoms with van der Waals surface area (Å²) < 4.78 is 5.38. The molecule has 0 radical (unpaired) electrons. The van der Waals surface area contributed by atoms with E-state index in [1.807, 2.05) is 6.07 Å². The molecule has 0 unspecified atom stereocenters. The van der Waals surface area contributed by atoms with Crippen LogP contribution in [0.3, 0.4) is 0 Å². The van der Waals surface area contributed by atoms with Crippen LogP contribution in [0, 0.1) is 6.92 Å². The van der Waals surface area contributed by atoms with Crippen LogP contribution in [0.5, 0.6) is 0 Å². The summed E-state index contributed by atoms with van der Waals surface area (Å²) in [7, 11) is 3.51. The van der Waals surface area contributed by atoms with E-state index in [-0.39, 0.29) is 36.4 Å². The molecule has 1 aliphatic heterocycles. The number of carbonyl (C=O) groups excluding carboxylic acids is 1. The van der Waals surface area contributed by atoms with Gasteiger partial charge in [-0.05, 0) is 25.5 Å². The molecule has 1 aliphatic rings. The third-order valence-electron chi connectivity index (χ3n) is 4.46. The molecule has 0 aliphatic carbocycles. The maximum Gasteiger partial charge on any atom is 0.241 e. The van der Waals surface area contributed by atoms with E-state index in [2.05, 4.69) is 45.6 Å². The number of amides is 1. The number of ether oxygens (including phenoxy) is 1. The third-order valence-corrected chi connectivity index (χ3v) is 4.46. The van der Waals surface area contributed by atoms with Crippen molar-refractivity contribution in [2.45, 2.75) is 19.9 Å². The zero-order valence-corrected chi connectivity index (χ0v) is 19.6. The number of carbonyl (C=O) groups is 1. The van der Waals surface area contributed by atoms with Crippen LogP contribution in [0.15, 0.2) is 29.3 Å². The lowest BCUT2D eigenvalue weighted by atomic mass is 10.1. The lowest BCUT2D eigenvalue weighted by molar-refractivity contribution is -0.127. The first kappa shape index (κ1) is 24.6. The Bertz CT molecular complexity index is 618. The van der Waals surface area contributed by atoms with E-state index in [0.717, 1.165) is 51.4 Å². The van der Waals surface area contributed by atoms with Crippen molar-refractivity contribution < 1.29 is 9.53 Å². The van der Waals surface area contributed by atoms with Crippen molar-refractivity contribution in [3.63, 3.8) is 0 Å². The Labute approximate surface area is 185 Å². The minimum Gasteiger partial charge on any atom is -0.379 e. The van der Waals surface area contributed by atoms with Crippen molar-refractivity contribution in [2.75, 3.05) is 60.0 Å². The number of rotatable bonds is 8. The first-order valence-electron chi connectivity index (χ1n) is 9.62. The Morgan fingerprint density at radius 1 is 1.25 bits per heavy atom. The van der Waals surface area contributed by atoms with Gasteiger partial charge in [-0.15, -0.1) is 24.0 Å². The highest BCUT2D eigenvalue weighted by atomic mass is 127. The second-order valence-corrected chi connectivity index (χ2v) is 7.03. The first-order valence-corrected chi connectivity index (χ1v) is 9.62. The quantitative estimate of drug-likeness (QED) is 0.244. The predicted molar refractivity (Wildman–Crippen MR) is 124 cm³/mol. The van der Waals surface area contributed by atoms with E-state index in [1.54, 1.807) is 19.0 Å². The monoisotopic (exact) mass is 503 g/mol. The topological polar surface area (TPSA) is 69.2 Å². The van der Waals surface area contributed by atoms with E-state index >= 15 is 0 Å². The number of hydrogen-bond donors (Lipinski definition) is 2. The Morgan fingerprint density at radius 2 is 2.00 bits per heavy atom. The maximum absolute atomic E-state index is 11.9. The number of guanidine groups is 1. The van der Waals surface area contributed by atoms with E-state index in [4.69, 9.17) is 4.74 Å². The Balaban J connectivity index is 0.00000392. The zero-order valence-electron chi connectivity index (χ0n) is 17.2. The zero-order chi connectivity index (χ0) is 19.5. The molecule has 7 nitrogen and oxygen atoms in total. The number of hydrogen-bond acceptors (Lipinski definition) is 4. The van der Waals surface area contributed by atoms with E-state index in [1.165, 1.54) is 5.56 Å². The van der Waals surface area contributed by atoms with Crippen LogP contribution in [0.2, 0.25) is 0 Å². The highest BCUT2D eigenvalue weighted by Crippen LogP contribution is 2.05.